The molecule has 0 atom stereocenters. The summed E-state index contributed by atoms with van der Waals surface area (Å²) >= 11 is 0. The lowest BCUT2D eigenvalue weighted by molar-refractivity contribution is -0.137. The third kappa shape index (κ3) is 3.42. The van der Waals surface area contributed by atoms with Gasteiger partial charge in [0.05, 0.1) is 18.2 Å². The van der Waals surface area contributed by atoms with Crippen LogP contribution in [0.15, 0.2) is 29.8 Å². The van der Waals surface area contributed by atoms with Gasteiger partial charge in [0.15, 0.2) is 5.78 Å². The first-order chi connectivity index (χ1) is 10.0. The molecule has 1 aliphatic heterocycles. The highest BCUT2D eigenvalue weighted by atomic mass is 16.2. The molecule has 0 unspecified atom stereocenters. The molecule has 0 saturated carbocycles. The summed E-state index contributed by atoms with van der Waals surface area (Å²) in [5.41, 5.74) is 1.67. The fourth-order valence-electron chi connectivity index (χ4n) is 2.08. The predicted molar refractivity (Wildman–Crippen MR) is 75.8 cm³/mol. The zero-order chi connectivity index (χ0) is 15.4. The number of hydrogen-bond donors (Lipinski definition) is 0. The number of imide groups is 1. The molecule has 5 heteroatoms. The van der Waals surface area contributed by atoms with Gasteiger partial charge in [0.25, 0.3) is 0 Å². The van der Waals surface area contributed by atoms with Crippen LogP contribution in [-0.2, 0) is 14.4 Å². The Morgan fingerprint density at radius 3 is 2.29 bits per heavy atom. The maximum absolute atomic E-state index is 11.7. The third-order valence-corrected chi connectivity index (χ3v) is 3.32. The molecule has 1 heterocycles. The van der Waals surface area contributed by atoms with Gasteiger partial charge >= 0.3 is 0 Å². The van der Waals surface area contributed by atoms with Crippen molar-refractivity contribution in [3.63, 3.8) is 0 Å². The fraction of sp³-hybridized carbons (Fsp3) is 0.250. The maximum atomic E-state index is 11.7. The van der Waals surface area contributed by atoms with E-state index in [9.17, 15) is 14.4 Å². The van der Waals surface area contributed by atoms with E-state index in [1.165, 1.54) is 6.92 Å². The summed E-state index contributed by atoms with van der Waals surface area (Å²) in [4.78, 5) is 36.0. The van der Waals surface area contributed by atoms with Crippen molar-refractivity contribution in [2.75, 3.05) is 6.54 Å². The summed E-state index contributed by atoms with van der Waals surface area (Å²) in [7, 11) is 0. The molecule has 1 aromatic rings. The minimum atomic E-state index is -0.244. The van der Waals surface area contributed by atoms with Crippen LogP contribution in [0, 0.1) is 11.3 Å². The standard InChI is InChI=1S/C16H14N2O3/c1-11(19)14(10-18-15(20)6-7-16(18)21)8-12-2-4-13(9-17)5-3-12/h2-5,8H,6-7,10H2,1H3/b14-8+. The topological polar surface area (TPSA) is 78.2 Å². The second-order valence-electron chi connectivity index (χ2n) is 4.83. The van der Waals surface area contributed by atoms with E-state index in [4.69, 9.17) is 5.26 Å². The lowest BCUT2D eigenvalue weighted by Gasteiger charge is -2.14. The average Bonchev–Trinajstić information content (AvgIpc) is 2.78. The lowest BCUT2D eigenvalue weighted by atomic mass is 10.1. The van der Waals surface area contributed by atoms with E-state index in [1.54, 1.807) is 30.3 Å². The number of nitriles is 1. The van der Waals surface area contributed by atoms with Crippen molar-refractivity contribution in [3.8, 4) is 6.07 Å². The number of amides is 2. The molecule has 0 spiro atoms. The summed E-state index contributed by atoms with van der Waals surface area (Å²) < 4.78 is 0. The molecule has 106 valence electrons. The summed E-state index contributed by atoms with van der Waals surface area (Å²) in [6.45, 7) is 1.41. The molecule has 1 saturated heterocycles. The van der Waals surface area contributed by atoms with Crippen molar-refractivity contribution in [3.05, 3.63) is 41.0 Å². The van der Waals surface area contributed by atoms with Crippen LogP contribution >= 0.6 is 0 Å². The molecule has 2 rings (SSSR count). The van der Waals surface area contributed by atoms with Crippen LogP contribution in [0.25, 0.3) is 6.08 Å². The molecule has 2 amide bonds. The Bertz CT molecular complexity index is 650. The largest absolute Gasteiger partial charge is 0.295 e. The van der Waals surface area contributed by atoms with E-state index in [0.717, 1.165) is 10.5 Å². The summed E-state index contributed by atoms with van der Waals surface area (Å²) in [5, 5.41) is 8.75. The van der Waals surface area contributed by atoms with Crippen LogP contribution in [0.2, 0.25) is 0 Å². The monoisotopic (exact) mass is 282 g/mol. The fourth-order valence-corrected chi connectivity index (χ4v) is 2.08. The zero-order valence-corrected chi connectivity index (χ0v) is 11.6. The Kier molecular flexibility index (Phi) is 4.29. The van der Waals surface area contributed by atoms with Crippen molar-refractivity contribution in [2.24, 2.45) is 0 Å². The van der Waals surface area contributed by atoms with Gasteiger partial charge < -0.3 is 0 Å². The molecule has 0 bridgehead atoms. The van der Waals surface area contributed by atoms with Crippen molar-refractivity contribution < 1.29 is 14.4 Å². The van der Waals surface area contributed by atoms with Gasteiger partial charge in [-0.1, -0.05) is 12.1 Å². The number of hydrogen-bond acceptors (Lipinski definition) is 4. The molecule has 5 nitrogen and oxygen atoms in total. The van der Waals surface area contributed by atoms with E-state index in [1.807, 2.05) is 6.07 Å². The van der Waals surface area contributed by atoms with Gasteiger partial charge in [-0.3, -0.25) is 19.3 Å². The van der Waals surface area contributed by atoms with Crippen molar-refractivity contribution in [1.29, 1.82) is 5.26 Å². The van der Waals surface area contributed by atoms with E-state index in [0.29, 0.717) is 11.1 Å². The first kappa shape index (κ1) is 14.7. The van der Waals surface area contributed by atoms with Gasteiger partial charge in [0.2, 0.25) is 11.8 Å². The highest BCUT2D eigenvalue weighted by Gasteiger charge is 2.29. The van der Waals surface area contributed by atoms with E-state index in [2.05, 4.69) is 0 Å². The Morgan fingerprint density at radius 2 is 1.81 bits per heavy atom. The van der Waals surface area contributed by atoms with Crippen LogP contribution in [0.4, 0.5) is 0 Å². The second kappa shape index (κ2) is 6.14. The molecule has 1 aromatic carbocycles. The number of Topliss-reactive ketones (excluding diaryl/α,β-unsaturated/α-hetero) is 1. The number of carbonyl (C=O) groups excluding carboxylic acids is 3. The smallest absolute Gasteiger partial charge is 0.229 e. The summed E-state index contributed by atoms with van der Waals surface area (Å²) in [6, 6.07) is 8.75. The van der Waals surface area contributed by atoms with Gasteiger partial charge in [-0.25, -0.2) is 0 Å². The maximum Gasteiger partial charge on any atom is 0.229 e. The quantitative estimate of drug-likeness (QED) is 0.621. The molecule has 0 radical (unpaired) electrons. The molecular formula is C16H14N2O3. The van der Waals surface area contributed by atoms with Crippen LogP contribution in [0.3, 0.4) is 0 Å². The molecule has 0 N–H and O–H groups in total. The molecule has 21 heavy (non-hydrogen) atoms. The molecule has 1 aliphatic rings. The van der Waals surface area contributed by atoms with Gasteiger partial charge in [-0.2, -0.15) is 5.26 Å². The van der Waals surface area contributed by atoms with E-state index < -0.39 is 0 Å². The van der Waals surface area contributed by atoms with Crippen LogP contribution in [0.1, 0.15) is 30.9 Å². The van der Waals surface area contributed by atoms with Crippen LogP contribution < -0.4 is 0 Å². The molecule has 0 aromatic heterocycles. The number of likely N-dealkylation sites (tertiary alicyclic amines) is 1. The predicted octanol–water partition coefficient (Wildman–Crippen LogP) is 1.68. The highest BCUT2D eigenvalue weighted by molar-refractivity contribution is 6.05. The van der Waals surface area contributed by atoms with Gasteiger partial charge in [-0.15, -0.1) is 0 Å². The Hall–Kier alpha value is -2.74. The van der Waals surface area contributed by atoms with E-state index >= 15 is 0 Å². The van der Waals surface area contributed by atoms with Crippen molar-refractivity contribution in [2.45, 2.75) is 19.8 Å². The number of ketones is 1. The Balaban J connectivity index is 2.24. The van der Waals surface area contributed by atoms with Crippen LogP contribution in [0.5, 0.6) is 0 Å². The Morgan fingerprint density at radius 1 is 1.24 bits per heavy atom. The lowest BCUT2D eigenvalue weighted by Crippen LogP contribution is -2.32. The molecule has 1 fully saturated rings. The zero-order valence-electron chi connectivity index (χ0n) is 11.6. The summed E-state index contributed by atoms with van der Waals surface area (Å²) in [5.74, 6) is -0.675. The van der Waals surface area contributed by atoms with Gasteiger partial charge in [0.1, 0.15) is 0 Å². The van der Waals surface area contributed by atoms with Crippen molar-refractivity contribution in [1.82, 2.24) is 4.90 Å². The SMILES string of the molecule is CC(=O)/C(=C/c1ccc(C#N)cc1)CN1C(=O)CCC1=O. The minimum Gasteiger partial charge on any atom is -0.295 e. The number of carbonyl (C=O) groups is 3. The highest BCUT2D eigenvalue weighted by Crippen LogP contribution is 2.16. The number of benzene rings is 1. The summed E-state index contributed by atoms with van der Waals surface area (Å²) in [6.07, 6.45) is 2.06. The first-order valence-corrected chi connectivity index (χ1v) is 6.56. The van der Waals surface area contributed by atoms with E-state index in [-0.39, 0.29) is 37.0 Å². The minimum absolute atomic E-state index is 0.00695. The second-order valence-corrected chi connectivity index (χ2v) is 4.83. The normalized spacial score (nSPS) is 15.2. The van der Waals surface area contributed by atoms with Crippen molar-refractivity contribution >= 4 is 23.7 Å². The Labute approximate surface area is 122 Å². The van der Waals surface area contributed by atoms with Gasteiger partial charge in [0, 0.05) is 18.4 Å². The molecule has 0 aliphatic carbocycles. The average molecular weight is 282 g/mol. The first-order valence-electron chi connectivity index (χ1n) is 6.56. The number of rotatable bonds is 4. The third-order valence-electron chi connectivity index (χ3n) is 3.32. The number of nitrogens with zero attached hydrogens (tertiary/aromatic N) is 2. The van der Waals surface area contributed by atoms with Gasteiger partial charge in [-0.05, 0) is 30.7 Å². The molecular weight excluding hydrogens is 268 g/mol. The van der Waals surface area contributed by atoms with Crippen LogP contribution in [-0.4, -0.2) is 29.0 Å².